The van der Waals surface area contributed by atoms with E-state index in [0.29, 0.717) is 23.2 Å². The minimum Gasteiger partial charge on any atom is -0.245 e. The number of aromatic nitrogens is 5. The van der Waals surface area contributed by atoms with Crippen LogP contribution < -0.4 is 0 Å². The Morgan fingerprint density at radius 1 is 0.468 bits per heavy atom. The van der Waals surface area contributed by atoms with Crippen LogP contribution in [0.1, 0.15) is 5.69 Å². The summed E-state index contributed by atoms with van der Waals surface area (Å²) in [7, 11) is 0. The van der Waals surface area contributed by atoms with Crippen molar-refractivity contribution in [2.24, 2.45) is 0 Å². The Hall–Kier alpha value is -6.36. The maximum atomic E-state index is 9.31. The number of fused-ring (bicyclic) bond motifs is 1. The average Bonchev–Trinajstić information content (AvgIpc) is 3.60. The summed E-state index contributed by atoms with van der Waals surface area (Å²) in [5.41, 5.74) is 9.10. The van der Waals surface area contributed by atoms with Crippen molar-refractivity contribution in [1.82, 2.24) is 24.9 Å². The highest BCUT2D eigenvalue weighted by molar-refractivity contribution is 7.21. The molecule has 0 N–H and O–H groups in total. The Morgan fingerprint density at radius 2 is 0.979 bits per heavy atom. The second kappa shape index (κ2) is 12.2. The zero-order valence-electron chi connectivity index (χ0n) is 24.9. The normalized spacial score (nSPS) is 11.0. The van der Waals surface area contributed by atoms with Crippen molar-refractivity contribution in [3.63, 3.8) is 0 Å². The van der Waals surface area contributed by atoms with E-state index in [-0.39, 0.29) is 0 Å². The molecule has 0 atom stereocenters. The smallest absolute Gasteiger partial charge is 0.164 e. The van der Waals surface area contributed by atoms with Gasteiger partial charge in [0, 0.05) is 39.6 Å². The van der Waals surface area contributed by atoms with Gasteiger partial charge in [0.25, 0.3) is 0 Å². The second-order valence-electron chi connectivity index (χ2n) is 10.9. The first kappa shape index (κ1) is 28.1. The molecule has 0 radical (unpaired) electrons. The summed E-state index contributed by atoms with van der Waals surface area (Å²) in [5, 5.41) is 10.3. The standard InChI is InChI=1S/C40H24N6S/c41-24-33-21-20-31(25-42-33)34-22-32(23-35-36(34)43-40(47-35)30-14-8-3-9-15-30)26-16-18-29(19-17-26)39-45-37(27-10-4-1-5-11-27)44-38(46-39)28-12-6-2-7-13-28/h1-23,25H. The summed E-state index contributed by atoms with van der Waals surface area (Å²) in [4.78, 5) is 24.0. The molecule has 0 aliphatic rings. The van der Waals surface area contributed by atoms with Gasteiger partial charge in [0.2, 0.25) is 0 Å². The third kappa shape index (κ3) is 5.66. The fraction of sp³-hybridized carbons (Fsp3) is 0. The maximum absolute atomic E-state index is 9.31. The molecule has 0 aliphatic heterocycles. The van der Waals surface area contributed by atoms with E-state index >= 15 is 0 Å². The van der Waals surface area contributed by atoms with Crippen LogP contribution in [0.2, 0.25) is 0 Å². The fourth-order valence-corrected chi connectivity index (χ4v) is 6.53. The Labute approximate surface area is 275 Å². The number of benzene rings is 5. The monoisotopic (exact) mass is 620 g/mol. The molecule has 6 nitrogen and oxygen atoms in total. The molecule has 0 unspecified atom stereocenters. The van der Waals surface area contributed by atoms with Gasteiger partial charge in [-0.2, -0.15) is 5.26 Å². The van der Waals surface area contributed by atoms with E-state index in [1.54, 1.807) is 23.6 Å². The van der Waals surface area contributed by atoms with Gasteiger partial charge in [0.1, 0.15) is 16.8 Å². The zero-order valence-corrected chi connectivity index (χ0v) is 25.8. The summed E-state index contributed by atoms with van der Waals surface area (Å²) in [5.74, 6) is 1.87. The van der Waals surface area contributed by atoms with Crippen molar-refractivity contribution < 1.29 is 0 Å². The van der Waals surface area contributed by atoms with Gasteiger partial charge in [0.05, 0.1) is 10.2 Å². The Balaban J connectivity index is 1.22. The van der Waals surface area contributed by atoms with Crippen LogP contribution in [0.4, 0.5) is 0 Å². The summed E-state index contributed by atoms with van der Waals surface area (Å²) < 4.78 is 1.07. The van der Waals surface area contributed by atoms with Crippen molar-refractivity contribution in [3.8, 4) is 73.1 Å². The number of rotatable bonds is 6. The lowest BCUT2D eigenvalue weighted by Crippen LogP contribution is -2.00. The van der Waals surface area contributed by atoms with E-state index in [2.05, 4.69) is 59.6 Å². The van der Waals surface area contributed by atoms with Crippen LogP contribution in [0.25, 0.3) is 77.2 Å². The van der Waals surface area contributed by atoms with Crippen LogP contribution in [0.15, 0.2) is 146 Å². The minimum atomic E-state index is 0.379. The molecule has 0 fully saturated rings. The molecular formula is C40H24N6S. The van der Waals surface area contributed by atoms with E-state index in [4.69, 9.17) is 19.9 Å². The van der Waals surface area contributed by atoms with E-state index in [0.717, 1.165) is 59.7 Å². The first-order chi connectivity index (χ1) is 23.2. The SMILES string of the molecule is N#Cc1ccc(-c2cc(-c3ccc(-c4nc(-c5ccccc5)nc(-c5ccccc5)n4)cc3)cc3sc(-c4ccccc4)nc23)cn1. The molecule has 8 aromatic rings. The summed E-state index contributed by atoms with van der Waals surface area (Å²) in [6.07, 6.45) is 1.75. The lowest BCUT2D eigenvalue weighted by Gasteiger charge is -2.10. The molecule has 0 saturated heterocycles. The fourth-order valence-electron chi connectivity index (χ4n) is 5.49. The predicted octanol–water partition coefficient (Wildman–Crippen LogP) is 9.75. The number of thiazole rings is 1. The van der Waals surface area contributed by atoms with Crippen molar-refractivity contribution in [1.29, 1.82) is 5.26 Å². The molecule has 47 heavy (non-hydrogen) atoms. The van der Waals surface area contributed by atoms with Crippen LogP contribution in [0.5, 0.6) is 0 Å². The number of hydrogen-bond donors (Lipinski definition) is 0. The molecule has 3 heterocycles. The molecule has 7 heteroatoms. The van der Waals surface area contributed by atoms with Crippen LogP contribution >= 0.6 is 11.3 Å². The van der Waals surface area contributed by atoms with Crippen molar-refractivity contribution in [3.05, 3.63) is 151 Å². The first-order valence-electron chi connectivity index (χ1n) is 15.1. The maximum Gasteiger partial charge on any atom is 0.164 e. The third-order valence-electron chi connectivity index (χ3n) is 7.88. The van der Waals surface area contributed by atoms with Gasteiger partial charge in [-0.15, -0.1) is 11.3 Å². The van der Waals surface area contributed by atoms with Gasteiger partial charge in [-0.3, -0.25) is 0 Å². The van der Waals surface area contributed by atoms with Crippen LogP contribution in [-0.4, -0.2) is 24.9 Å². The van der Waals surface area contributed by atoms with Crippen molar-refractivity contribution in [2.75, 3.05) is 0 Å². The molecule has 0 bridgehead atoms. The van der Waals surface area contributed by atoms with Crippen LogP contribution in [0.3, 0.4) is 0 Å². The van der Waals surface area contributed by atoms with E-state index < -0.39 is 0 Å². The predicted molar refractivity (Wildman–Crippen MR) is 188 cm³/mol. The van der Waals surface area contributed by atoms with Gasteiger partial charge in [-0.05, 0) is 35.4 Å². The molecule has 8 rings (SSSR count). The molecule has 0 spiro atoms. The summed E-state index contributed by atoms with van der Waals surface area (Å²) in [6, 6.07) is 48.6. The number of nitriles is 1. The van der Waals surface area contributed by atoms with Gasteiger partial charge >= 0.3 is 0 Å². The number of nitrogens with zero attached hydrogens (tertiary/aromatic N) is 6. The van der Waals surface area contributed by atoms with E-state index in [1.165, 1.54) is 0 Å². The highest BCUT2D eigenvalue weighted by Crippen LogP contribution is 2.39. The quantitative estimate of drug-likeness (QED) is 0.184. The summed E-state index contributed by atoms with van der Waals surface area (Å²) in [6.45, 7) is 0. The molecule has 0 amide bonds. The Morgan fingerprint density at radius 3 is 1.51 bits per heavy atom. The number of pyridine rings is 1. The minimum absolute atomic E-state index is 0.379. The average molecular weight is 621 g/mol. The zero-order chi connectivity index (χ0) is 31.6. The molecule has 5 aromatic carbocycles. The van der Waals surface area contributed by atoms with Crippen LogP contribution in [0, 0.1) is 11.3 Å². The molecule has 0 saturated carbocycles. The van der Waals surface area contributed by atoms with Crippen LogP contribution in [-0.2, 0) is 0 Å². The van der Waals surface area contributed by atoms with Gasteiger partial charge < -0.3 is 0 Å². The Bertz CT molecular complexity index is 2320. The topological polar surface area (TPSA) is 88.2 Å². The van der Waals surface area contributed by atoms with Gasteiger partial charge in [-0.1, -0.05) is 115 Å². The molecule has 220 valence electrons. The second-order valence-corrected chi connectivity index (χ2v) is 11.9. The van der Waals surface area contributed by atoms with E-state index in [1.807, 2.05) is 84.9 Å². The van der Waals surface area contributed by atoms with Gasteiger partial charge in [-0.25, -0.2) is 24.9 Å². The lowest BCUT2D eigenvalue weighted by atomic mass is 9.98. The third-order valence-corrected chi connectivity index (χ3v) is 8.93. The first-order valence-corrected chi connectivity index (χ1v) is 15.9. The van der Waals surface area contributed by atoms with Crippen molar-refractivity contribution in [2.45, 2.75) is 0 Å². The molecule has 3 aromatic heterocycles. The van der Waals surface area contributed by atoms with Crippen molar-refractivity contribution >= 4 is 21.6 Å². The molecular weight excluding hydrogens is 597 g/mol. The Kier molecular flexibility index (Phi) is 7.31. The molecule has 0 aliphatic carbocycles. The number of hydrogen-bond acceptors (Lipinski definition) is 7. The lowest BCUT2D eigenvalue weighted by molar-refractivity contribution is 1.07. The van der Waals surface area contributed by atoms with E-state index in [9.17, 15) is 5.26 Å². The highest BCUT2D eigenvalue weighted by atomic mass is 32.1. The largest absolute Gasteiger partial charge is 0.245 e. The highest BCUT2D eigenvalue weighted by Gasteiger charge is 2.16. The van der Waals surface area contributed by atoms with Gasteiger partial charge in [0.15, 0.2) is 17.5 Å². The summed E-state index contributed by atoms with van der Waals surface area (Å²) >= 11 is 1.66.